The number of aldehydes is 1. The molecule has 0 aliphatic rings. The Morgan fingerprint density at radius 3 is 2.31 bits per heavy atom. The lowest BCUT2D eigenvalue weighted by Crippen LogP contribution is -2.34. The zero-order chi connectivity index (χ0) is 10.1. The van der Waals surface area contributed by atoms with Gasteiger partial charge in [-0.1, -0.05) is 12.1 Å². The Balaban J connectivity index is 3.21. The third-order valence-corrected chi connectivity index (χ3v) is 1.52. The second-order valence-corrected chi connectivity index (χ2v) is 2.47. The molecule has 70 valence electrons. The Bertz CT molecular complexity index is 334. The molecule has 0 aliphatic carbocycles. The van der Waals surface area contributed by atoms with Crippen LogP contribution in [0.15, 0.2) is 18.2 Å². The summed E-state index contributed by atoms with van der Waals surface area (Å²) in [5.41, 5.74) is -1.54. The van der Waals surface area contributed by atoms with Gasteiger partial charge in [-0.15, -0.1) is 5.46 Å². The fraction of sp³-hybridized carbons (Fsp3) is 0. The van der Waals surface area contributed by atoms with E-state index in [1.165, 1.54) is 0 Å². The number of hydrogen-bond acceptors (Lipinski definition) is 1. The molecule has 0 N–H and O–H groups in total. The van der Waals surface area contributed by atoms with Crippen molar-refractivity contribution in [1.82, 2.24) is 0 Å². The molecule has 0 radical (unpaired) electrons. The maximum atomic E-state index is 12.6. The first-order valence-corrected chi connectivity index (χ1v) is 3.39. The first kappa shape index (κ1) is 9.76. The predicted octanol–water partition coefficient (Wildman–Crippen LogP) is 1.69. The Kier molecular flexibility index (Phi) is 2.40. The lowest BCUT2D eigenvalue weighted by atomic mass is 9.79. The van der Waals surface area contributed by atoms with E-state index in [0.717, 1.165) is 0 Å². The van der Waals surface area contributed by atoms with Gasteiger partial charge in [0, 0.05) is 5.56 Å². The van der Waals surface area contributed by atoms with E-state index in [0.29, 0.717) is 18.2 Å². The van der Waals surface area contributed by atoms with Gasteiger partial charge in [0.15, 0.2) is 6.29 Å². The molecule has 0 heterocycles. The molecule has 0 spiro atoms. The van der Waals surface area contributed by atoms with E-state index in [1.54, 1.807) is 0 Å². The van der Waals surface area contributed by atoms with Crippen LogP contribution < -0.4 is 5.46 Å². The predicted molar refractivity (Wildman–Crippen MR) is 40.5 cm³/mol. The third kappa shape index (κ3) is 2.08. The largest absolute Gasteiger partial charge is 0.509 e. The fourth-order valence-electron chi connectivity index (χ4n) is 0.856. The van der Waals surface area contributed by atoms with Crippen molar-refractivity contribution in [3.63, 3.8) is 0 Å². The summed E-state index contributed by atoms with van der Waals surface area (Å²) in [6, 6.07) is 1.75. The van der Waals surface area contributed by atoms with Crippen molar-refractivity contribution in [2.24, 2.45) is 0 Å². The Labute approximate surface area is 71.4 Å². The molecular formula is C7H4BF4O-. The number of rotatable bonds is 2. The molecule has 1 aromatic rings. The summed E-state index contributed by atoms with van der Waals surface area (Å²) in [4.78, 5) is 10.1. The zero-order valence-corrected chi connectivity index (χ0v) is 6.31. The molecule has 0 saturated heterocycles. The quantitative estimate of drug-likeness (QED) is 0.394. The van der Waals surface area contributed by atoms with Crippen LogP contribution in [0.25, 0.3) is 0 Å². The van der Waals surface area contributed by atoms with Crippen LogP contribution in [0.2, 0.25) is 0 Å². The average Bonchev–Trinajstić information content (AvgIpc) is 2.03. The fourth-order valence-corrected chi connectivity index (χ4v) is 0.856. The lowest BCUT2D eigenvalue weighted by molar-refractivity contribution is 0.112. The number of carbonyl (C=O) groups excluding carboxylic acids is 1. The molecule has 1 aromatic carbocycles. The van der Waals surface area contributed by atoms with E-state index < -0.39 is 23.8 Å². The highest BCUT2D eigenvalue weighted by atomic mass is 19.4. The average molecular weight is 191 g/mol. The van der Waals surface area contributed by atoms with E-state index in [2.05, 4.69) is 0 Å². The van der Waals surface area contributed by atoms with Gasteiger partial charge in [0.1, 0.15) is 5.82 Å². The van der Waals surface area contributed by atoms with Gasteiger partial charge < -0.3 is 12.9 Å². The van der Waals surface area contributed by atoms with Crippen LogP contribution >= 0.6 is 0 Å². The summed E-state index contributed by atoms with van der Waals surface area (Å²) in [6.45, 7) is -5.17. The van der Waals surface area contributed by atoms with Crippen molar-refractivity contribution < 1.29 is 22.1 Å². The number of halogens is 4. The highest BCUT2D eigenvalue weighted by molar-refractivity contribution is 6.73. The molecule has 1 rings (SSSR count). The smallest absolute Gasteiger partial charge is 0.445 e. The molecular weight excluding hydrogens is 187 g/mol. The second kappa shape index (κ2) is 3.20. The highest BCUT2D eigenvalue weighted by Crippen LogP contribution is 2.11. The summed E-state index contributed by atoms with van der Waals surface area (Å²) in [5, 5.41) is 0. The van der Waals surface area contributed by atoms with Gasteiger partial charge in [0.2, 0.25) is 0 Å². The van der Waals surface area contributed by atoms with Crippen LogP contribution in [0.5, 0.6) is 0 Å². The van der Waals surface area contributed by atoms with Gasteiger partial charge in [-0.05, 0) is 6.07 Å². The topological polar surface area (TPSA) is 17.1 Å². The first-order chi connectivity index (χ1) is 5.95. The van der Waals surface area contributed by atoms with E-state index in [9.17, 15) is 22.1 Å². The Hall–Kier alpha value is -1.33. The third-order valence-electron chi connectivity index (χ3n) is 1.52. The van der Waals surface area contributed by atoms with Crippen molar-refractivity contribution in [1.29, 1.82) is 0 Å². The van der Waals surface area contributed by atoms with Crippen molar-refractivity contribution in [2.45, 2.75) is 0 Å². The van der Waals surface area contributed by atoms with Gasteiger partial charge in [-0.25, -0.2) is 4.39 Å². The zero-order valence-electron chi connectivity index (χ0n) is 6.31. The molecule has 0 aliphatic heterocycles. The summed E-state index contributed by atoms with van der Waals surface area (Å²) in [6.07, 6.45) is 0.0562. The molecule has 0 unspecified atom stereocenters. The van der Waals surface area contributed by atoms with E-state index in [4.69, 9.17) is 0 Å². The second-order valence-electron chi connectivity index (χ2n) is 2.47. The van der Waals surface area contributed by atoms with Crippen LogP contribution in [0, 0.1) is 5.82 Å². The molecule has 0 saturated carbocycles. The highest BCUT2D eigenvalue weighted by Gasteiger charge is 2.25. The van der Waals surface area contributed by atoms with Gasteiger partial charge in [0.05, 0.1) is 0 Å². The molecule has 0 aromatic heterocycles. The molecule has 0 fully saturated rings. The van der Waals surface area contributed by atoms with Crippen molar-refractivity contribution in [3.05, 3.63) is 29.6 Å². The standard InChI is InChI=1S/C7H4BF4O/c9-7-2-1-6(8(10,11)12)3-5(7)4-13/h1-4H/q-1. The van der Waals surface area contributed by atoms with Crippen LogP contribution in [0.4, 0.5) is 17.3 Å². The summed E-state index contributed by atoms with van der Waals surface area (Å²) in [5.74, 6) is -0.946. The first-order valence-electron chi connectivity index (χ1n) is 3.39. The normalized spacial score (nSPS) is 11.4. The van der Waals surface area contributed by atoms with Crippen LogP contribution in [0.1, 0.15) is 10.4 Å². The monoisotopic (exact) mass is 191 g/mol. The van der Waals surface area contributed by atoms with Crippen molar-refractivity contribution >= 4 is 18.7 Å². The summed E-state index contributed by atoms with van der Waals surface area (Å²) < 4.78 is 48.7. The Morgan fingerprint density at radius 2 is 1.85 bits per heavy atom. The summed E-state index contributed by atoms with van der Waals surface area (Å²) in [7, 11) is 0. The van der Waals surface area contributed by atoms with Gasteiger partial charge in [0.25, 0.3) is 0 Å². The van der Waals surface area contributed by atoms with Crippen LogP contribution in [-0.4, -0.2) is 13.3 Å². The van der Waals surface area contributed by atoms with Gasteiger partial charge in [-0.3, -0.25) is 4.79 Å². The number of carbonyl (C=O) groups is 1. The van der Waals surface area contributed by atoms with E-state index in [1.807, 2.05) is 0 Å². The molecule has 0 atom stereocenters. The minimum absolute atomic E-state index is 0.0562. The molecule has 1 nitrogen and oxygen atoms in total. The maximum absolute atomic E-state index is 12.6. The summed E-state index contributed by atoms with van der Waals surface area (Å²) >= 11 is 0. The van der Waals surface area contributed by atoms with E-state index >= 15 is 0 Å². The van der Waals surface area contributed by atoms with Gasteiger partial charge >= 0.3 is 6.98 Å². The molecule has 6 heteroatoms. The molecule has 0 bridgehead atoms. The SMILES string of the molecule is O=Cc1cc([B-](F)(F)F)ccc1F. The minimum atomic E-state index is -5.17. The number of hydrogen-bond donors (Lipinski definition) is 0. The Morgan fingerprint density at radius 1 is 1.23 bits per heavy atom. The minimum Gasteiger partial charge on any atom is -0.445 e. The lowest BCUT2D eigenvalue weighted by Gasteiger charge is -2.14. The molecule has 0 amide bonds. The maximum Gasteiger partial charge on any atom is 0.509 e. The number of benzene rings is 1. The van der Waals surface area contributed by atoms with Crippen molar-refractivity contribution in [2.75, 3.05) is 0 Å². The van der Waals surface area contributed by atoms with Crippen molar-refractivity contribution in [3.8, 4) is 0 Å². The van der Waals surface area contributed by atoms with Crippen LogP contribution in [0.3, 0.4) is 0 Å². The van der Waals surface area contributed by atoms with Gasteiger partial charge in [-0.2, -0.15) is 0 Å². The molecule has 13 heavy (non-hydrogen) atoms. The van der Waals surface area contributed by atoms with E-state index in [-0.39, 0.29) is 6.29 Å². The van der Waals surface area contributed by atoms with Crippen LogP contribution in [-0.2, 0) is 0 Å².